The highest BCUT2D eigenvalue weighted by Gasteiger charge is 2.20. The number of nitrogens with one attached hydrogen (secondary N) is 1. The van der Waals surface area contributed by atoms with Gasteiger partial charge in [0, 0.05) is 67.6 Å². The van der Waals surface area contributed by atoms with Gasteiger partial charge < -0.3 is 14.7 Å². The molecule has 9 heteroatoms. The second kappa shape index (κ2) is 13.1. The van der Waals surface area contributed by atoms with Crippen molar-refractivity contribution in [1.82, 2.24) is 20.3 Å². The van der Waals surface area contributed by atoms with Gasteiger partial charge >= 0.3 is 0 Å². The molecule has 7 nitrogen and oxygen atoms in total. The third kappa shape index (κ3) is 7.99. The van der Waals surface area contributed by atoms with Crippen LogP contribution in [-0.4, -0.2) is 70.1 Å². The summed E-state index contributed by atoms with van der Waals surface area (Å²) in [5.41, 5.74) is 2.09. The third-order valence-electron chi connectivity index (χ3n) is 4.82. The summed E-state index contributed by atoms with van der Waals surface area (Å²) in [7, 11) is -0.900. The molecule has 1 fully saturated rings. The minimum Gasteiger partial charge on any atom is -0.361 e. The Balaban J connectivity index is 0.00000320. The van der Waals surface area contributed by atoms with Crippen LogP contribution in [0.15, 0.2) is 45.9 Å². The highest BCUT2D eigenvalue weighted by molar-refractivity contribution is 14.0. The van der Waals surface area contributed by atoms with Crippen molar-refractivity contribution in [3.8, 4) is 0 Å². The molecule has 0 saturated carbocycles. The lowest BCUT2D eigenvalue weighted by molar-refractivity contribution is 0.169. The second-order valence-corrected chi connectivity index (χ2v) is 8.78. The summed E-state index contributed by atoms with van der Waals surface area (Å²) in [6.45, 7) is 9.94. The number of hydrogen-bond acceptors (Lipinski definition) is 5. The first-order valence-corrected chi connectivity index (χ1v) is 11.7. The van der Waals surface area contributed by atoms with E-state index in [0.717, 1.165) is 62.2 Å². The molecule has 1 N–H and O–H groups in total. The molecule has 1 aromatic heterocycles. The minimum atomic E-state index is -0.900. The van der Waals surface area contributed by atoms with Gasteiger partial charge in [0.2, 0.25) is 0 Å². The van der Waals surface area contributed by atoms with Gasteiger partial charge in [-0.15, -0.1) is 24.0 Å². The molecule has 1 aliphatic heterocycles. The summed E-state index contributed by atoms with van der Waals surface area (Å²) in [4.78, 5) is 9.39. The van der Waals surface area contributed by atoms with Crippen molar-refractivity contribution in [2.24, 2.45) is 4.99 Å². The zero-order valence-corrected chi connectivity index (χ0v) is 20.9. The van der Waals surface area contributed by atoms with E-state index in [0.29, 0.717) is 18.1 Å². The summed E-state index contributed by atoms with van der Waals surface area (Å²) in [5.74, 6) is 2.94. The molecule has 1 aromatic carbocycles. The van der Waals surface area contributed by atoms with Crippen LogP contribution in [0.25, 0.3) is 0 Å². The Hall–Kier alpha value is -1.46. The average Bonchev–Trinajstić information content (AvgIpc) is 3.13. The van der Waals surface area contributed by atoms with E-state index in [-0.39, 0.29) is 24.0 Å². The van der Waals surface area contributed by atoms with Gasteiger partial charge in [-0.3, -0.25) is 14.1 Å². The zero-order chi connectivity index (χ0) is 20.5. The monoisotopic (exact) mass is 545 g/mol. The first-order chi connectivity index (χ1) is 14.1. The molecule has 1 saturated heterocycles. The lowest BCUT2D eigenvalue weighted by Gasteiger charge is -2.36. The summed E-state index contributed by atoms with van der Waals surface area (Å²) >= 11 is 0. The van der Waals surface area contributed by atoms with Gasteiger partial charge in [0.15, 0.2) is 5.96 Å². The van der Waals surface area contributed by atoms with Crippen LogP contribution in [-0.2, 0) is 23.1 Å². The van der Waals surface area contributed by atoms with Crippen molar-refractivity contribution in [1.29, 1.82) is 0 Å². The maximum atomic E-state index is 12.3. The van der Waals surface area contributed by atoms with E-state index in [4.69, 9.17) is 9.52 Å². The smallest absolute Gasteiger partial charge is 0.194 e. The Labute approximate surface area is 198 Å². The number of aryl methyl sites for hydroxylation is 1. The van der Waals surface area contributed by atoms with Crippen LogP contribution in [0.4, 0.5) is 0 Å². The second-order valence-electron chi connectivity index (χ2n) is 7.20. The third-order valence-corrected chi connectivity index (χ3v) is 6.11. The van der Waals surface area contributed by atoms with Crippen molar-refractivity contribution in [2.75, 3.05) is 45.0 Å². The SMILES string of the molecule is CCNC(=NCCS(=O)Cc1ccccc1)N1CCN(Cc2cc(C)on2)CC1.I. The summed E-state index contributed by atoms with van der Waals surface area (Å²) in [6.07, 6.45) is 0. The summed E-state index contributed by atoms with van der Waals surface area (Å²) in [5, 5.41) is 7.46. The Morgan fingerprint density at radius 2 is 1.97 bits per heavy atom. The van der Waals surface area contributed by atoms with Crippen LogP contribution in [0, 0.1) is 6.92 Å². The topological polar surface area (TPSA) is 74.0 Å². The minimum absolute atomic E-state index is 0. The van der Waals surface area contributed by atoms with Gasteiger partial charge in [-0.2, -0.15) is 0 Å². The molecule has 1 unspecified atom stereocenters. The molecule has 2 heterocycles. The fourth-order valence-electron chi connectivity index (χ4n) is 3.35. The predicted molar refractivity (Wildman–Crippen MR) is 133 cm³/mol. The quantitative estimate of drug-likeness (QED) is 0.313. The average molecular weight is 545 g/mol. The standard InChI is InChI=1S/C21H31N5O2S.HI/c1-3-22-21(23-9-14-29(27)17-19-7-5-4-6-8-19)26-12-10-25(11-13-26)16-20-15-18(2)28-24-20;/h4-8,15H,3,9-14,16-17H2,1-2H3,(H,22,23);1H. The molecule has 0 amide bonds. The van der Waals surface area contributed by atoms with Gasteiger partial charge in [-0.1, -0.05) is 35.5 Å². The molecule has 2 aromatic rings. The number of rotatable bonds is 8. The Bertz CT molecular complexity index is 807. The lowest BCUT2D eigenvalue weighted by Crippen LogP contribution is -2.52. The van der Waals surface area contributed by atoms with Crippen molar-refractivity contribution < 1.29 is 8.73 Å². The van der Waals surface area contributed by atoms with Crippen LogP contribution in [0.2, 0.25) is 0 Å². The number of piperazine rings is 1. The summed E-state index contributed by atoms with van der Waals surface area (Å²) in [6, 6.07) is 12.0. The van der Waals surface area contributed by atoms with E-state index in [1.165, 1.54) is 0 Å². The fourth-order valence-corrected chi connectivity index (χ4v) is 4.35. The van der Waals surface area contributed by atoms with Crippen molar-refractivity contribution in [2.45, 2.75) is 26.1 Å². The molecule has 0 radical (unpaired) electrons. The first kappa shape index (κ1) is 24.8. The Kier molecular flexibility index (Phi) is 10.8. The molecular formula is C21H32IN5O2S. The number of guanidine groups is 1. The lowest BCUT2D eigenvalue weighted by atomic mass is 10.2. The molecule has 0 spiro atoms. The first-order valence-electron chi connectivity index (χ1n) is 10.2. The normalized spacial score (nSPS) is 16.2. The molecule has 0 bridgehead atoms. The van der Waals surface area contributed by atoms with Crippen molar-refractivity contribution in [3.63, 3.8) is 0 Å². The van der Waals surface area contributed by atoms with E-state index in [9.17, 15) is 4.21 Å². The largest absolute Gasteiger partial charge is 0.361 e. The molecule has 166 valence electrons. The van der Waals surface area contributed by atoms with Crippen LogP contribution < -0.4 is 5.32 Å². The van der Waals surface area contributed by atoms with Gasteiger partial charge in [0.05, 0.1) is 12.2 Å². The Morgan fingerprint density at radius 3 is 2.60 bits per heavy atom. The number of aliphatic imine (C=N–C) groups is 1. The van der Waals surface area contributed by atoms with Crippen LogP contribution in [0.1, 0.15) is 23.9 Å². The predicted octanol–water partition coefficient (Wildman–Crippen LogP) is 2.63. The number of hydrogen-bond donors (Lipinski definition) is 1. The van der Waals surface area contributed by atoms with E-state index < -0.39 is 10.8 Å². The molecule has 3 rings (SSSR count). The molecular weight excluding hydrogens is 513 g/mol. The van der Waals surface area contributed by atoms with Gasteiger partial charge in [-0.05, 0) is 19.4 Å². The number of benzene rings is 1. The van der Waals surface area contributed by atoms with E-state index in [1.54, 1.807) is 0 Å². The highest BCUT2D eigenvalue weighted by atomic mass is 127. The highest BCUT2D eigenvalue weighted by Crippen LogP contribution is 2.09. The van der Waals surface area contributed by atoms with Gasteiger partial charge in [-0.25, -0.2) is 0 Å². The number of aromatic nitrogens is 1. The Morgan fingerprint density at radius 1 is 1.23 bits per heavy atom. The summed E-state index contributed by atoms with van der Waals surface area (Å²) < 4.78 is 17.5. The van der Waals surface area contributed by atoms with Gasteiger partial charge in [0.1, 0.15) is 5.76 Å². The maximum Gasteiger partial charge on any atom is 0.194 e. The van der Waals surface area contributed by atoms with E-state index in [2.05, 4.69) is 27.2 Å². The van der Waals surface area contributed by atoms with Crippen LogP contribution in [0.3, 0.4) is 0 Å². The van der Waals surface area contributed by atoms with E-state index >= 15 is 0 Å². The number of nitrogens with zero attached hydrogens (tertiary/aromatic N) is 4. The number of halogens is 1. The van der Waals surface area contributed by atoms with Crippen molar-refractivity contribution in [3.05, 3.63) is 53.4 Å². The zero-order valence-electron chi connectivity index (χ0n) is 17.7. The molecule has 1 aliphatic rings. The molecule has 0 aliphatic carbocycles. The van der Waals surface area contributed by atoms with Crippen molar-refractivity contribution >= 4 is 40.7 Å². The van der Waals surface area contributed by atoms with Gasteiger partial charge in [0.25, 0.3) is 0 Å². The van der Waals surface area contributed by atoms with Crippen LogP contribution in [0.5, 0.6) is 0 Å². The molecule has 30 heavy (non-hydrogen) atoms. The van der Waals surface area contributed by atoms with Crippen LogP contribution >= 0.6 is 24.0 Å². The van der Waals surface area contributed by atoms with E-state index in [1.807, 2.05) is 43.3 Å². The maximum absolute atomic E-state index is 12.3. The fraction of sp³-hybridized carbons (Fsp3) is 0.524. The molecule has 1 atom stereocenters.